The fraction of sp³-hybridized carbons (Fsp3) is 0.571. The zero-order valence-corrected chi connectivity index (χ0v) is 23.6. The van der Waals surface area contributed by atoms with Crippen LogP contribution in [0.3, 0.4) is 0 Å². The number of amides is 1. The Kier molecular flexibility index (Phi) is 11.1. The van der Waals surface area contributed by atoms with Crippen molar-refractivity contribution < 1.29 is 29.3 Å². The van der Waals surface area contributed by atoms with Gasteiger partial charge in [0.15, 0.2) is 0 Å². The maximum absolute atomic E-state index is 13.7. The molecule has 0 spiro atoms. The lowest BCUT2D eigenvalue weighted by Gasteiger charge is -2.38. The maximum Gasteiger partial charge on any atom is 0.305 e. The molecule has 0 radical (unpaired) electrons. The van der Waals surface area contributed by atoms with Crippen LogP contribution >= 0.6 is 11.6 Å². The largest absolute Gasteiger partial charge is 0.481 e. The van der Waals surface area contributed by atoms with E-state index in [4.69, 9.17) is 26.2 Å². The van der Waals surface area contributed by atoms with Gasteiger partial charge in [-0.25, -0.2) is 9.97 Å². The van der Waals surface area contributed by atoms with Crippen LogP contribution in [-0.2, 0) is 19.1 Å². The number of hydrogen-bond acceptors (Lipinski definition) is 9. The summed E-state index contributed by atoms with van der Waals surface area (Å²) in [4.78, 5) is 37.2. The van der Waals surface area contributed by atoms with Crippen molar-refractivity contribution in [3.05, 3.63) is 52.4 Å². The molecule has 12 heteroatoms. The molecule has 218 valence electrons. The minimum absolute atomic E-state index is 0.0251. The number of fused-ring (bicyclic) bond motifs is 1. The minimum Gasteiger partial charge on any atom is -0.481 e. The molecule has 11 nitrogen and oxygen atoms in total. The van der Waals surface area contributed by atoms with Gasteiger partial charge in [-0.2, -0.15) is 0 Å². The van der Waals surface area contributed by atoms with Gasteiger partial charge in [-0.1, -0.05) is 30.7 Å². The molecule has 2 aromatic rings. The second-order valence-corrected chi connectivity index (χ2v) is 10.6. The first kappa shape index (κ1) is 30.1. The molecule has 1 aromatic heterocycles. The molecule has 1 aliphatic carbocycles. The minimum atomic E-state index is -0.888. The number of aliphatic hydroxyl groups is 1. The number of aliphatic hydroxyl groups excluding tert-OH is 1. The monoisotopic (exact) mass is 575 g/mol. The molecule has 4 rings (SSSR count). The van der Waals surface area contributed by atoms with Gasteiger partial charge in [0.1, 0.15) is 12.1 Å². The molecule has 40 heavy (non-hydrogen) atoms. The summed E-state index contributed by atoms with van der Waals surface area (Å²) in [5, 5.41) is 22.9. The summed E-state index contributed by atoms with van der Waals surface area (Å²) in [6, 6.07) is 7.39. The second-order valence-electron chi connectivity index (χ2n) is 10.1. The van der Waals surface area contributed by atoms with Gasteiger partial charge in [-0.3, -0.25) is 9.59 Å². The highest BCUT2D eigenvalue weighted by atomic mass is 35.5. The number of aromatic nitrogens is 2. The van der Waals surface area contributed by atoms with Crippen LogP contribution < -0.4 is 10.2 Å². The number of anilines is 1. The highest BCUT2D eigenvalue weighted by Crippen LogP contribution is 2.42. The second kappa shape index (κ2) is 14.7. The molecule has 2 aliphatic rings. The number of hydrogen-bond donors (Lipinski definition) is 3. The van der Waals surface area contributed by atoms with Gasteiger partial charge in [0, 0.05) is 49.9 Å². The van der Waals surface area contributed by atoms with E-state index in [0.29, 0.717) is 70.5 Å². The topological polar surface area (TPSA) is 137 Å². The quantitative estimate of drug-likeness (QED) is 0.287. The lowest BCUT2D eigenvalue weighted by molar-refractivity contribution is -0.138. The number of carbonyl (C=O) groups excluding carboxylic acids is 1. The van der Waals surface area contributed by atoms with Crippen molar-refractivity contribution in [2.24, 2.45) is 0 Å². The highest BCUT2D eigenvalue weighted by Gasteiger charge is 2.35. The van der Waals surface area contributed by atoms with Crippen molar-refractivity contribution in [1.29, 1.82) is 0 Å². The standard InChI is InChI=1S/C28H38ClN5O6/c1-19-16-23(35)26-25(19)27(32-18-31-26)33-8-10-34(11-9-33)28(38)22(20-2-4-21(29)5-3-20)17-30-7-13-40-15-14-39-12-6-24(36)37/h2-5,18-19,22-23,30,35H,6-17H2,1H3,(H,36,37)/t19-,22?,23-/m1/s1. The molecule has 2 heterocycles. The number of piperazine rings is 1. The number of halogens is 1. The van der Waals surface area contributed by atoms with E-state index in [1.54, 1.807) is 12.1 Å². The van der Waals surface area contributed by atoms with E-state index in [2.05, 4.69) is 27.1 Å². The Balaban J connectivity index is 1.29. The van der Waals surface area contributed by atoms with E-state index in [-0.39, 0.29) is 30.8 Å². The Morgan fingerprint density at radius 3 is 2.48 bits per heavy atom. The van der Waals surface area contributed by atoms with Crippen LogP contribution in [0.4, 0.5) is 5.82 Å². The molecule has 1 aliphatic heterocycles. The zero-order valence-electron chi connectivity index (χ0n) is 22.8. The van der Waals surface area contributed by atoms with E-state index >= 15 is 0 Å². The van der Waals surface area contributed by atoms with Crippen LogP contribution in [0.5, 0.6) is 0 Å². The van der Waals surface area contributed by atoms with E-state index in [1.165, 1.54) is 6.33 Å². The number of carbonyl (C=O) groups is 2. The van der Waals surface area contributed by atoms with E-state index in [9.17, 15) is 14.7 Å². The first-order chi connectivity index (χ1) is 19.3. The number of nitrogens with zero attached hydrogens (tertiary/aromatic N) is 4. The zero-order chi connectivity index (χ0) is 28.5. The van der Waals surface area contributed by atoms with Crippen LogP contribution in [0.1, 0.15) is 54.5 Å². The molecule has 0 bridgehead atoms. The number of carboxylic acid groups (broad SMARTS) is 1. The Bertz CT molecular complexity index is 1130. The Hall–Kier alpha value is -2.83. The molecule has 1 amide bonds. The molecular weight excluding hydrogens is 538 g/mol. The van der Waals surface area contributed by atoms with Gasteiger partial charge in [0.05, 0.1) is 50.6 Å². The van der Waals surface area contributed by atoms with E-state index < -0.39 is 12.1 Å². The third-order valence-electron chi connectivity index (χ3n) is 7.34. The summed E-state index contributed by atoms with van der Waals surface area (Å²) in [6.45, 7) is 6.87. The molecule has 1 aromatic carbocycles. The van der Waals surface area contributed by atoms with Crippen LogP contribution in [0.25, 0.3) is 0 Å². The van der Waals surface area contributed by atoms with Crippen molar-refractivity contribution in [3.63, 3.8) is 0 Å². The summed E-state index contributed by atoms with van der Waals surface area (Å²) in [7, 11) is 0. The summed E-state index contributed by atoms with van der Waals surface area (Å²) < 4.78 is 10.8. The molecule has 3 N–H and O–H groups in total. The number of rotatable bonds is 14. The maximum atomic E-state index is 13.7. The van der Waals surface area contributed by atoms with Gasteiger partial charge in [0.25, 0.3) is 0 Å². The lowest BCUT2D eigenvalue weighted by atomic mass is 9.97. The van der Waals surface area contributed by atoms with Gasteiger partial charge in [-0.05, 0) is 30.0 Å². The van der Waals surface area contributed by atoms with Crippen molar-refractivity contribution >= 4 is 29.3 Å². The van der Waals surface area contributed by atoms with Crippen molar-refractivity contribution in [1.82, 2.24) is 20.2 Å². The average Bonchev–Trinajstić information content (AvgIpc) is 3.25. The SMILES string of the molecule is C[C@@H]1C[C@@H](O)c2ncnc(N3CCN(C(=O)C(CNCCOCCOCCC(=O)O)c4ccc(Cl)cc4)CC3)c21. The summed E-state index contributed by atoms with van der Waals surface area (Å²) in [6.07, 6.45) is 1.60. The van der Waals surface area contributed by atoms with Crippen LogP contribution in [0.15, 0.2) is 30.6 Å². The summed E-state index contributed by atoms with van der Waals surface area (Å²) in [5.41, 5.74) is 2.64. The van der Waals surface area contributed by atoms with Gasteiger partial charge in [0.2, 0.25) is 5.91 Å². The molecule has 1 saturated heterocycles. The van der Waals surface area contributed by atoms with E-state index in [1.807, 2.05) is 17.0 Å². The van der Waals surface area contributed by atoms with Crippen molar-refractivity contribution in [2.45, 2.75) is 37.7 Å². The first-order valence-corrected chi connectivity index (χ1v) is 14.1. The number of nitrogens with one attached hydrogen (secondary N) is 1. The fourth-order valence-corrected chi connectivity index (χ4v) is 5.35. The van der Waals surface area contributed by atoms with E-state index in [0.717, 1.165) is 22.6 Å². The molecule has 1 unspecified atom stereocenters. The van der Waals surface area contributed by atoms with Crippen molar-refractivity contribution in [2.75, 3.05) is 70.6 Å². The Morgan fingerprint density at radius 1 is 1.07 bits per heavy atom. The Morgan fingerprint density at radius 2 is 1.77 bits per heavy atom. The number of benzene rings is 1. The molecule has 1 fully saturated rings. The number of carboxylic acids is 1. The first-order valence-electron chi connectivity index (χ1n) is 13.7. The summed E-state index contributed by atoms with van der Waals surface area (Å²) in [5.74, 6) is -0.152. The lowest BCUT2D eigenvalue weighted by Crippen LogP contribution is -2.51. The smallest absolute Gasteiger partial charge is 0.305 e. The predicted octanol–water partition coefficient (Wildman–Crippen LogP) is 2.20. The highest BCUT2D eigenvalue weighted by molar-refractivity contribution is 6.30. The number of aliphatic carboxylic acids is 1. The van der Waals surface area contributed by atoms with Crippen molar-refractivity contribution in [3.8, 4) is 0 Å². The van der Waals surface area contributed by atoms with Crippen LogP contribution in [0.2, 0.25) is 5.02 Å². The van der Waals surface area contributed by atoms with Crippen LogP contribution in [-0.4, -0.2) is 103 Å². The third kappa shape index (κ3) is 7.88. The van der Waals surface area contributed by atoms with Gasteiger partial charge >= 0.3 is 5.97 Å². The molecular formula is C28H38ClN5O6. The summed E-state index contributed by atoms with van der Waals surface area (Å²) >= 11 is 6.10. The predicted molar refractivity (Wildman–Crippen MR) is 150 cm³/mol. The Labute approximate surface area is 239 Å². The third-order valence-corrected chi connectivity index (χ3v) is 7.60. The fourth-order valence-electron chi connectivity index (χ4n) is 5.23. The van der Waals surface area contributed by atoms with Gasteiger partial charge < -0.3 is 34.8 Å². The normalized spacial score (nSPS) is 19.5. The molecule has 3 atom stereocenters. The molecule has 0 saturated carbocycles. The number of ether oxygens (including phenoxy) is 2. The average molecular weight is 576 g/mol. The van der Waals surface area contributed by atoms with Gasteiger partial charge in [-0.15, -0.1) is 0 Å². The van der Waals surface area contributed by atoms with Crippen LogP contribution in [0, 0.1) is 0 Å².